The van der Waals surface area contributed by atoms with Crippen LogP contribution in [0, 0.1) is 5.41 Å². The van der Waals surface area contributed by atoms with E-state index >= 15 is 0 Å². The normalized spacial score (nSPS) is 24.0. The summed E-state index contributed by atoms with van der Waals surface area (Å²) < 4.78 is 77.6. The van der Waals surface area contributed by atoms with E-state index in [1.165, 1.54) is 0 Å². The molecule has 1 fully saturated rings. The van der Waals surface area contributed by atoms with Crippen molar-refractivity contribution in [3.8, 4) is 0 Å². The Balaban J connectivity index is 2.79. The van der Waals surface area contributed by atoms with E-state index in [0.717, 1.165) is 0 Å². The molecule has 7 heteroatoms. The van der Waals surface area contributed by atoms with Crippen molar-refractivity contribution in [2.24, 2.45) is 5.41 Å². The fourth-order valence-electron chi connectivity index (χ4n) is 0.960. The van der Waals surface area contributed by atoms with Crippen LogP contribution in [0.2, 0.25) is 0 Å². The summed E-state index contributed by atoms with van der Waals surface area (Å²) in [5.41, 5.74) is -2.45. The zero-order chi connectivity index (χ0) is 12.8. The van der Waals surface area contributed by atoms with Crippen LogP contribution in [0.15, 0.2) is 0 Å². The van der Waals surface area contributed by atoms with Gasteiger partial charge >= 0.3 is 6.18 Å². The lowest BCUT2D eigenvalue weighted by atomic mass is 10.0. The molecule has 0 aromatic heterocycles. The van der Waals surface area contributed by atoms with Crippen molar-refractivity contribution in [3.05, 3.63) is 0 Å². The van der Waals surface area contributed by atoms with E-state index in [9.17, 15) is 21.6 Å². The summed E-state index contributed by atoms with van der Waals surface area (Å²) in [5.74, 6) is 0. The smallest absolute Gasteiger partial charge is 0.270 e. The van der Waals surface area contributed by atoms with Gasteiger partial charge in [-0.1, -0.05) is 0 Å². The minimum atomic E-state index is -4.68. The summed E-state index contributed by atoms with van der Waals surface area (Å²) in [4.78, 5) is 0. The average molecular weight is 234 g/mol. The van der Waals surface area contributed by atoms with Crippen LogP contribution in [-0.2, 0) is 14.3 Å². The molecule has 1 saturated carbocycles. The lowest BCUT2D eigenvalue weighted by Crippen LogP contribution is -2.26. The third-order valence-corrected chi connectivity index (χ3v) is 2.52. The van der Waals surface area contributed by atoms with Gasteiger partial charge in [-0.05, 0) is 19.2 Å². The summed E-state index contributed by atoms with van der Waals surface area (Å²) in [5, 5.41) is 0. The quantitative estimate of drug-likeness (QED) is 0.695. The molecule has 0 bridgehead atoms. The molecule has 0 heterocycles. The van der Waals surface area contributed by atoms with Gasteiger partial charge in [0, 0.05) is 2.74 Å². The molecule has 0 aromatic carbocycles. The van der Waals surface area contributed by atoms with Crippen LogP contribution in [0.4, 0.5) is 13.2 Å². The second kappa shape index (κ2) is 3.37. The fraction of sp³-hybridized carbons (Fsp3) is 1.00. The van der Waals surface area contributed by atoms with E-state index in [0.29, 0.717) is 6.26 Å². The predicted octanol–water partition coefficient (Wildman–Crippen LogP) is 1.70. The molecule has 1 rings (SSSR count). The lowest BCUT2D eigenvalue weighted by Gasteiger charge is -2.18. The Morgan fingerprint density at radius 1 is 1.50 bits per heavy atom. The van der Waals surface area contributed by atoms with Crippen molar-refractivity contribution in [2.45, 2.75) is 25.4 Å². The molecule has 1 aliphatic rings. The summed E-state index contributed by atoms with van der Waals surface area (Å²) in [6, 6.07) is 0. The third kappa shape index (κ3) is 2.84. The van der Waals surface area contributed by atoms with Gasteiger partial charge in [-0.3, -0.25) is 4.18 Å². The highest BCUT2D eigenvalue weighted by molar-refractivity contribution is 7.85. The number of hydrogen-bond acceptors (Lipinski definition) is 3. The molecule has 0 atom stereocenters. The molecule has 0 spiro atoms. The Morgan fingerprint density at radius 3 is 2.29 bits per heavy atom. The van der Waals surface area contributed by atoms with Gasteiger partial charge < -0.3 is 0 Å². The first-order valence-corrected chi connectivity index (χ1v) is 5.64. The Morgan fingerprint density at radius 2 is 2.00 bits per heavy atom. The Kier molecular flexibility index (Phi) is 2.16. The highest BCUT2D eigenvalue weighted by atomic mass is 32.2. The molecule has 0 radical (unpaired) electrons. The summed E-state index contributed by atoms with van der Waals surface area (Å²) in [7, 11) is -3.94. The molecule has 0 aromatic rings. The number of halogens is 3. The van der Waals surface area contributed by atoms with Crippen LogP contribution < -0.4 is 0 Å². The largest absolute Gasteiger partial charge is 0.394 e. The Bertz CT molecular complexity index is 373. The number of hydrogen-bond donors (Lipinski definition) is 0. The van der Waals surface area contributed by atoms with Crippen molar-refractivity contribution in [1.82, 2.24) is 0 Å². The number of alkyl halides is 3. The maximum atomic E-state index is 12.6. The average Bonchev–Trinajstić information content (AvgIpc) is 2.77. The highest BCUT2D eigenvalue weighted by Crippen LogP contribution is 2.59. The molecule has 0 saturated heterocycles. The topological polar surface area (TPSA) is 43.4 Å². The lowest BCUT2D eigenvalue weighted by molar-refractivity contribution is -0.190. The second-order valence-electron chi connectivity index (χ2n) is 3.22. The minimum absolute atomic E-state index is 0.337. The first-order chi connectivity index (χ1) is 6.91. The Hall–Kier alpha value is -0.300. The van der Waals surface area contributed by atoms with E-state index in [1.807, 2.05) is 0 Å². The Labute approximate surface area is 83.2 Å². The standard InChI is InChI=1S/C7H11F3O3S/c1-14(11,12)13-5-4-6(2-3-6)7(8,9)10/h2-5H2,1H3/i4D2. The van der Waals surface area contributed by atoms with Crippen LogP contribution >= 0.6 is 0 Å². The second-order valence-corrected chi connectivity index (χ2v) is 4.87. The first-order valence-electron chi connectivity index (χ1n) is 4.82. The molecule has 0 aliphatic heterocycles. The van der Waals surface area contributed by atoms with Crippen molar-refractivity contribution in [1.29, 1.82) is 0 Å². The fourth-order valence-corrected chi connectivity index (χ4v) is 1.23. The van der Waals surface area contributed by atoms with E-state index in [4.69, 9.17) is 2.74 Å². The summed E-state index contributed by atoms with van der Waals surface area (Å²) >= 11 is 0. The monoisotopic (exact) mass is 234 g/mol. The van der Waals surface area contributed by atoms with Gasteiger partial charge in [-0.15, -0.1) is 0 Å². The zero-order valence-electron chi connectivity index (χ0n) is 9.39. The van der Waals surface area contributed by atoms with Crippen LogP contribution in [0.3, 0.4) is 0 Å². The van der Waals surface area contributed by atoms with Crippen molar-refractivity contribution < 1.29 is 28.5 Å². The third-order valence-electron chi connectivity index (χ3n) is 1.98. The first kappa shape index (κ1) is 8.96. The minimum Gasteiger partial charge on any atom is -0.270 e. The van der Waals surface area contributed by atoms with Crippen LogP contribution in [0.25, 0.3) is 0 Å². The van der Waals surface area contributed by atoms with Crippen molar-refractivity contribution in [3.63, 3.8) is 0 Å². The molecule has 0 unspecified atom stereocenters. The van der Waals surface area contributed by atoms with Crippen molar-refractivity contribution in [2.75, 3.05) is 12.9 Å². The van der Waals surface area contributed by atoms with Crippen LogP contribution in [0.5, 0.6) is 0 Å². The van der Waals surface area contributed by atoms with Crippen LogP contribution in [-0.4, -0.2) is 27.5 Å². The maximum Gasteiger partial charge on any atom is 0.394 e. The zero-order valence-corrected chi connectivity index (χ0v) is 8.20. The van der Waals surface area contributed by atoms with Gasteiger partial charge in [0.05, 0.1) is 18.3 Å². The van der Waals surface area contributed by atoms with E-state index < -0.39 is 34.7 Å². The SMILES string of the molecule is [2H]C([2H])(COS(C)(=O)=O)C1(C(F)(F)F)CC1. The highest BCUT2D eigenvalue weighted by Gasteiger charge is 2.62. The molecule has 0 amide bonds. The predicted molar refractivity (Wildman–Crippen MR) is 43.1 cm³/mol. The van der Waals surface area contributed by atoms with E-state index in [2.05, 4.69) is 4.18 Å². The molecule has 14 heavy (non-hydrogen) atoms. The summed E-state index contributed by atoms with van der Waals surface area (Å²) in [6.45, 7) is -1.11. The van der Waals surface area contributed by atoms with E-state index in [-0.39, 0.29) is 12.8 Å². The van der Waals surface area contributed by atoms with Crippen LogP contribution in [0.1, 0.15) is 22.0 Å². The van der Waals surface area contributed by atoms with Gasteiger partial charge in [0.2, 0.25) is 0 Å². The van der Waals surface area contributed by atoms with Crippen molar-refractivity contribution >= 4 is 10.1 Å². The molecule has 0 N–H and O–H groups in total. The maximum absolute atomic E-state index is 12.6. The molecule has 3 nitrogen and oxygen atoms in total. The van der Waals surface area contributed by atoms with Gasteiger partial charge in [-0.25, -0.2) is 0 Å². The molecule has 84 valence electrons. The van der Waals surface area contributed by atoms with Gasteiger partial charge in [0.15, 0.2) is 0 Å². The molecule has 1 aliphatic carbocycles. The number of rotatable bonds is 4. The van der Waals surface area contributed by atoms with Gasteiger partial charge in [0.25, 0.3) is 10.1 Å². The van der Waals surface area contributed by atoms with E-state index in [1.54, 1.807) is 0 Å². The molecular formula is C7H11F3O3S. The van der Waals surface area contributed by atoms with Gasteiger partial charge in [0.1, 0.15) is 0 Å². The molecular weight excluding hydrogens is 221 g/mol. The van der Waals surface area contributed by atoms with Gasteiger partial charge in [-0.2, -0.15) is 21.6 Å². The summed E-state index contributed by atoms with van der Waals surface area (Å²) in [6.07, 6.45) is -7.42.